The highest BCUT2D eigenvalue weighted by Crippen LogP contribution is 2.30. The van der Waals surface area contributed by atoms with Gasteiger partial charge >= 0.3 is 0 Å². The SMILES string of the molecule is Cc1cc(-c2c(C)cc(F)cc2C)ccc1N. The van der Waals surface area contributed by atoms with E-state index in [0.717, 1.165) is 33.5 Å². The van der Waals surface area contributed by atoms with E-state index in [1.165, 1.54) is 0 Å². The normalized spacial score (nSPS) is 10.6. The van der Waals surface area contributed by atoms with Crippen molar-refractivity contribution in [3.8, 4) is 11.1 Å². The summed E-state index contributed by atoms with van der Waals surface area (Å²) in [6, 6.07) is 9.05. The summed E-state index contributed by atoms with van der Waals surface area (Å²) in [6.45, 7) is 5.83. The third kappa shape index (κ3) is 2.16. The van der Waals surface area contributed by atoms with Crippen molar-refractivity contribution in [2.24, 2.45) is 0 Å². The summed E-state index contributed by atoms with van der Waals surface area (Å²) in [5.41, 5.74) is 11.7. The zero-order valence-corrected chi connectivity index (χ0v) is 10.3. The van der Waals surface area contributed by atoms with Crippen LogP contribution in [-0.2, 0) is 0 Å². The number of hydrogen-bond donors (Lipinski definition) is 1. The van der Waals surface area contributed by atoms with Gasteiger partial charge in [0, 0.05) is 5.69 Å². The van der Waals surface area contributed by atoms with Gasteiger partial charge in [-0.2, -0.15) is 0 Å². The van der Waals surface area contributed by atoms with Crippen molar-refractivity contribution in [2.75, 3.05) is 5.73 Å². The molecule has 0 bridgehead atoms. The number of nitrogen functional groups attached to an aromatic ring is 1. The Morgan fingerprint density at radius 3 is 2.00 bits per heavy atom. The third-order valence-electron chi connectivity index (χ3n) is 3.06. The first-order valence-electron chi connectivity index (χ1n) is 5.62. The summed E-state index contributed by atoms with van der Waals surface area (Å²) in [5.74, 6) is -0.184. The fraction of sp³-hybridized carbons (Fsp3) is 0.200. The molecule has 0 saturated heterocycles. The molecule has 0 amide bonds. The summed E-state index contributed by atoms with van der Waals surface area (Å²) in [5, 5.41) is 0. The molecule has 0 aliphatic heterocycles. The maximum absolute atomic E-state index is 13.2. The molecule has 0 unspecified atom stereocenters. The van der Waals surface area contributed by atoms with Gasteiger partial charge in [0.05, 0.1) is 0 Å². The number of anilines is 1. The molecule has 2 heteroatoms. The van der Waals surface area contributed by atoms with Crippen LogP contribution in [0.25, 0.3) is 11.1 Å². The van der Waals surface area contributed by atoms with E-state index in [0.29, 0.717) is 0 Å². The summed E-state index contributed by atoms with van der Waals surface area (Å²) < 4.78 is 13.2. The Hall–Kier alpha value is -1.83. The van der Waals surface area contributed by atoms with Crippen LogP contribution in [0.1, 0.15) is 16.7 Å². The van der Waals surface area contributed by atoms with Crippen LogP contribution in [0.15, 0.2) is 30.3 Å². The first kappa shape index (κ1) is 11.6. The highest BCUT2D eigenvalue weighted by Gasteiger charge is 2.08. The molecule has 88 valence electrons. The molecule has 0 radical (unpaired) electrons. The van der Waals surface area contributed by atoms with Gasteiger partial charge < -0.3 is 5.73 Å². The Balaban J connectivity index is 2.64. The van der Waals surface area contributed by atoms with E-state index in [1.54, 1.807) is 12.1 Å². The summed E-state index contributed by atoms with van der Waals surface area (Å²) in [7, 11) is 0. The zero-order chi connectivity index (χ0) is 12.6. The second-order valence-corrected chi connectivity index (χ2v) is 4.49. The second-order valence-electron chi connectivity index (χ2n) is 4.49. The predicted molar refractivity (Wildman–Crippen MR) is 70.5 cm³/mol. The van der Waals surface area contributed by atoms with E-state index in [1.807, 2.05) is 39.0 Å². The van der Waals surface area contributed by atoms with Gasteiger partial charge in [0.2, 0.25) is 0 Å². The minimum absolute atomic E-state index is 0.184. The molecule has 0 fully saturated rings. The molecule has 17 heavy (non-hydrogen) atoms. The molecule has 2 aromatic carbocycles. The molecule has 0 heterocycles. The molecule has 0 aliphatic rings. The first-order chi connectivity index (χ1) is 7.99. The van der Waals surface area contributed by atoms with E-state index < -0.39 is 0 Å². The van der Waals surface area contributed by atoms with E-state index in [9.17, 15) is 4.39 Å². The van der Waals surface area contributed by atoms with Crippen molar-refractivity contribution in [1.29, 1.82) is 0 Å². The largest absolute Gasteiger partial charge is 0.399 e. The highest BCUT2D eigenvalue weighted by molar-refractivity contribution is 5.73. The molecule has 2 aromatic rings. The molecule has 2 rings (SSSR count). The van der Waals surface area contributed by atoms with Gasteiger partial charge in [-0.05, 0) is 72.9 Å². The maximum atomic E-state index is 13.2. The number of benzene rings is 2. The molecule has 0 aliphatic carbocycles. The Kier molecular flexibility index (Phi) is 2.88. The number of rotatable bonds is 1. The Morgan fingerprint density at radius 2 is 1.47 bits per heavy atom. The predicted octanol–water partition coefficient (Wildman–Crippen LogP) is 4.00. The lowest BCUT2D eigenvalue weighted by atomic mass is 9.94. The van der Waals surface area contributed by atoms with Gasteiger partial charge in [0.25, 0.3) is 0 Å². The molecule has 0 aromatic heterocycles. The van der Waals surface area contributed by atoms with Crippen molar-refractivity contribution in [2.45, 2.75) is 20.8 Å². The minimum Gasteiger partial charge on any atom is -0.399 e. The summed E-state index contributed by atoms with van der Waals surface area (Å²) in [4.78, 5) is 0. The average Bonchev–Trinajstić information content (AvgIpc) is 2.21. The lowest BCUT2D eigenvalue weighted by Gasteiger charge is -2.12. The van der Waals surface area contributed by atoms with E-state index in [2.05, 4.69) is 0 Å². The molecular weight excluding hydrogens is 213 g/mol. The van der Waals surface area contributed by atoms with Crippen LogP contribution in [0.3, 0.4) is 0 Å². The van der Waals surface area contributed by atoms with Crippen molar-refractivity contribution in [3.63, 3.8) is 0 Å². The van der Waals surface area contributed by atoms with Crippen LogP contribution in [0, 0.1) is 26.6 Å². The zero-order valence-electron chi connectivity index (χ0n) is 10.3. The van der Waals surface area contributed by atoms with Gasteiger partial charge in [0.1, 0.15) is 5.82 Å². The maximum Gasteiger partial charge on any atom is 0.123 e. The van der Waals surface area contributed by atoms with Crippen LogP contribution in [-0.4, -0.2) is 0 Å². The Morgan fingerprint density at radius 1 is 0.882 bits per heavy atom. The lowest BCUT2D eigenvalue weighted by Crippen LogP contribution is -1.93. The topological polar surface area (TPSA) is 26.0 Å². The van der Waals surface area contributed by atoms with E-state index in [-0.39, 0.29) is 5.82 Å². The van der Waals surface area contributed by atoms with E-state index in [4.69, 9.17) is 5.73 Å². The third-order valence-corrected chi connectivity index (χ3v) is 3.06. The van der Waals surface area contributed by atoms with Gasteiger partial charge in [0.15, 0.2) is 0 Å². The van der Waals surface area contributed by atoms with Crippen molar-refractivity contribution >= 4 is 5.69 Å². The van der Waals surface area contributed by atoms with Gasteiger partial charge in [-0.25, -0.2) is 4.39 Å². The fourth-order valence-corrected chi connectivity index (χ4v) is 2.20. The van der Waals surface area contributed by atoms with Crippen LogP contribution in [0.5, 0.6) is 0 Å². The molecule has 1 nitrogen and oxygen atoms in total. The van der Waals surface area contributed by atoms with Crippen LogP contribution in [0.2, 0.25) is 0 Å². The molecule has 0 atom stereocenters. The van der Waals surface area contributed by atoms with E-state index >= 15 is 0 Å². The summed E-state index contributed by atoms with van der Waals surface area (Å²) in [6.07, 6.45) is 0. The molecule has 2 N–H and O–H groups in total. The van der Waals surface area contributed by atoms with Crippen molar-refractivity contribution < 1.29 is 4.39 Å². The number of nitrogens with two attached hydrogens (primary N) is 1. The van der Waals surface area contributed by atoms with Crippen LogP contribution in [0.4, 0.5) is 10.1 Å². The van der Waals surface area contributed by atoms with Crippen molar-refractivity contribution in [1.82, 2.24) is 0 Å². The smallest absolute Gasteiger partial charge is 0.123 e. The Bertz CT molecular complexity index is 550. The van der Waals surface area contributed by atoms with Gasteiger partial charge in [-0.3, -0.25) is 0 Å². The molecule has 0 spiro atoms. The Labute approximate surface area is 101 Å². The number of aryl methyl sites for hydroxylation is 3. The average molecular weight is 229 g/mol. The monoisotopic (exact) mass is 229 g/mol. The molecule has 0 saturated carbocycles. The fourth-order valence-electron chi connectivity index (χ4n) is 2.20. The second kappa shape index (κ2) is 4.21. The first-order valence-corrected chi connectivity index (χ1v) is 5.62. The van der Waals surface area contributed by atoms with Crippen molar-refractivity contribution in [3.05, 3.63) is 52.8 Å². The lowest BCUT2D eigenvalue weighted by molar-refractivity contribution is 0.625. The highest BCUT2D eigenvalue weighted by atomic mass is 19.1. The minimum atomic E-state index is -0.184. The molecular formula is C15H16FN. The number of halogens is 1. The summed E-state index contributed by atoms with van der Waals surface area (Å²) >= 11 is 0. The number of hydrogen-bond acceptors (Lipinski definition) is 1. The van der Waals surface area contributed by atoms with Crippen LogP contribution >= 0.6 is 0 Å². The van der Waals surface area contributed by atoms with Crippen LogP contribution < -0.4 is 5.73 Å². The van der Waals surface area contributed by atoms with Gasteiger partial charge in [-0.15, -0.1) is 0 Å². The van der Waals surface area contributed by atoms with Gasteiger partial charge in [-0.1, -0.05) is 6.07 Å². The standard InChI is InChI=1S/C15H16FN/c1-9-6-12(4-5-14(9)17)15-10(2)7-13(16)8-11(15)3/h4-8H,17H2,1-3H3. The quantitative estimate of drug-likeness (QED) is 0.735.